The van der Waals surface area contributed by atoms with Crippen LogP contribution in [0.25, 0.3) is 11.3 Å². The summed E-state index contributed by atoms with van der Waals surface area (Å²) < 4.78 is 17.0. The summed E-state index contributed by atoms with van der Waals surface area (Å²) in [5.74, 6) is 1.37. The van der Waals surface area contributed by atoms with Crippen molar-refractivity contribution in [3.05, 3.63) is 36.2 Å². The van der Waals surface area contributed by atoms with Crippen molar-refractivity contribution in [2.75, 3.05) is 25.6 Å². The van der Waals surface area contributed by atoms with Crippen LogP contribution in [-0.4, -0.2) is 42.1 Å². The van der Waals surface area contributed by atoms with Crippen LogP contribution in [0.4, 0.5) is 5.82 Å². The molecule has 2 aromatic rings. The molecule has 1 aromatic carbocycles. The van der Waals surface area contributed by atoms with Crippen LogP contribution in [0.1, 0.15) is 39.2 Å². The second-order valence-corrected chi connectivity index (χ2v) is 7.20. The van der Waals surface area contributed by atoms with Crippen molar-refractivity contribution in [2.45, 2.75) is 45.5 Å². The fraction of sp³-hybridized carbons (Fsp3) is 0.500. The van der Waals surface area contributed by atoms with Crippen molar-refractivity contribution in [3.63, 3.8) is 0 Å². The quantitative estimate of drug-likeness (QED) is 0.847. The molecule has 2 heterocycles. The van der Waals surface area contributed by atoms with Gasteiger partial charge < -0.3 is 19.5 Å². The maximum Gasteiger partial charge on any atom is 0.163 e. The molecule has 1 atom stereocenters. The number of ether oxygens (including phenoxy) is 3. The number of aromatic nitrogens is 2. The molecule has 0 aliphatic carbocycles. The van der Waals surface area contributed by atoms with Crippen LogP contribution in [0.2, 0.25) is 0 Å². The van der Waals surface area contributed by atoms with E-state index in [0.29, 0.717) is 24.9 Å². The van der Waals surface area contributed by atoms with Crippen LogP contribution in [0.5, 0.6) is 5.75 Å². The Kier molecular flexibility index (Phi) is 5.44. The standard InChI is InChI=1S/C20H27N3O3/c1-13(2)14-6-7-17(24-5)16(10-14)18-19(22-9-8-21-18)23-11-15-12-25-20(3,4)26-15/h6-10,13,15H,11-12H2,1-5H3,(H,22,23). The zero-order valence-electron chi connectivity index (χ0n) is 16.1. The minimum Gasteiger partial charge on any atom is -0.496 e. The van der Waals surface area contributed by atoms with Gasteiger partial charge in [-0.2, -0.15) is 0 Å². The molecule has 0 spiro atoms. The van der Waals surface area contributed by atoms with Gasteiger partial charge in [0.25, 0.3) is 0 Å². The number of nitrogens with zero attached hydrogens (tertiary/aromatic N) is 2. The van der Waals surface area contributed by atoms with E-state index in [1.807, 2.05) is 19.9 Å². The van der Waals surface area contributed by atoms with Gasteiger partial charge in [0.1, 0.15) is 17.5 Å². The van der Waals surface area contributed by atoms with Crippen LogP contribution in [0.15, 0.2) is 30.6 Å². The molecule has 1 saturated heterocycles. The van der Waals surface area contributed by atoms with Crippen molar-refractivity contribution >= 4 is 5.82 Å². The van der Waals surface area contributed by atoms with Crippen LogP contribution < -0.4 is 10.1 Å². The summed E-state index contributed by atoms with van der Waals surface area (Å²) in [4.78, 5) is 9.03. The lowest BCUT2D eigenvalue weighted by molar-refractivity contribution is -0.136. The normalized spacial score (nSPS) is 18.9. The van der Waals surface area contributed by atoms with E-state index in [4.69, 9.17) is 14.2 Å². The van der Waals surface area contributed by atoms with Crippen molar-refractivity contribution in [1.29, 1.82) is 0 Å². The Labute approximate surface area is 154 Å². The van der Waals surface area contributed by atoms with Crippen LogP contribution >= 0.6 is 0 Å². The van der Waals surface area contributed by atoms with Gasteiger partial charge in [0.15, 0.2) is 11.6 Å². The number of hydrogen-bond donors (Lipinski definition) is 1. The summed E-state index contributed by atoms with van der Waals surface area (Å²) in [6.07, 6.45) is 3.35. The molecule has 1 aromatic heterocycles. The minimum absolute atomic E-state index is 0.0243. The lowest BCUT2D eigenvalue weighted by Gasteiger charge is -2.18. The van der Waals surface area contributed by atoms with Gasteiger partial charge in [0.05, 0.1) is 13.7 Å². The molecule has 1 N–H and O–H groups in total. The Balaban J connectivity index is 1.86. The maximum atomic E-state index is 5.85. The highest BCUT2D eigenvalue weighted by molar-refractivity contribution is 5.76. The molecule has 1 unspecified atom stereocenters. The number of nitrogens with one attached hydrogen (secondary N) is 1. The van der Waals surface area contributed by atoms with Gasteiger partial charge in [-0.25, -0.2) is 4.98 Å². The Morgan fingerprint density at radius 2 is 2.04 bits per heavy atom. The number of anilines is 1. The van der Waals surface area contributed by atoms with Gasteiger partial charge in [-0.05, 0) is 37.5 Å². The Morgan fingerprint density at radius 1 is 1.27 bits per heavy atom. The van der Waals surface area contributed by atoms with E-state index in [2.05, 4.69) is 41.3 Å². The minimum atomic E-state index is -0.535. The maximum absolute atomic E-state index is 5.85. The first-order valence-electron chi connectivity index (χ1n) is 8.94. The van der Waals surface area contributed by atoms with Crippen LogP contribution in [-0.2, 0) is 9.47 Å². The summed E-state index contributed by atoms with van der Waals surface area (Å²) >= 11 is 0. The number of hydrogen-bond acceptors (Lipinski definition) is 6. The largest absolute Gasteiger partial charge is 0.496 e. The monoisotopic (exact) mass is 357 g/mol. The highest BCUT2D eigenvalue weighted by Crippen LogP contribution is 2.35. The molecule has 0 bridgehead atoms. The Bertz CT molecular complexity index is 762. The summed E-state index contributed by atoms with van der Waals surface area (Å²) in [5, 5.41) is 3.36. The molecular weight excluding hydrogens is 330 g/mol. The van der Waals surface area contributed by atoms with Crippen LogP contribution in [0.3, 0.4) is 0 Å². The second kappa shape index (κ2) is 7.60. The van der Waals surface area contributed by atoms with E-state index >= 15 is 0 Å². The van der Waals surface area contributed by atoms with Gasteiger partial charge in [0, 0.05) is 24.5 Å². The molecule has 1 aliphatic rings. The summed E-state index contributed by atoms with van der Waals surface area (Å²) in [5.41, 5.74) is 2.93. The van der Waals surface area contributed by atoms with E-state index in [0.717, 1.165) is 17.0 Å². The topological polar surface area (TPSA) is 65.5 Å². The van der Waals surface area contributed by atoms with Crippen LogP contribution in [0, 0.1) is 0 Å². The molecule has 3 rings (SSSR count). The molecule has 1 fully saturated rings. The molecular formula is C20H27N3O3. The molecule has 0 amide bonds. The fourth-order valence-electron chi connectivity index (χ4n) is 3.01. The average molecular weight is 357 g/mol. The SMILES string of the molecule is COc1ccc(C(C)C)cc1-c1nccnc1NCC1COC(C)(C)O1. The molecule has 6 nitrogen and oxygen atoms in total. The summed E-state index contributed by atoms with van der Waals surface area (Å²) in [6, 6.07) is 6.19. The highest BCUT2D eigenvalue weighted by Gasteiger charge is 2.32. The second-order valence-electron chi connectivity index (χ2n) is 7.20. The van der Waals surface area contributed by atoms with Gasteiger partial charge in [-0.1, -0.05) is 19.9 Å². The molecule has 140 valence electrons. The van der Waals surface area contributed by atoms with Gasteiger partial charge in [0.2, 0.25) is 0 Å². The zero-order valence-corrected chi connectivity index (χ0v) is 16.1. The predicted octanol–water partition coefficient (Wildman–Crippen LogP) is 3.84. The first-order chi connectivity index (χ1) is 12.4. The van der Waals surface area contributed by atoms with Crippen molar-refractivity contribution in [1.82, 2.24) is 9.97 Å². The zero-order chi connectivity index (χ0) is 18.7. The van der Waals surface area contributed by atoms with Crippen molar-refractivity contribution in [3.8, 4) is 17.0 Å². The number of benzene rings is 1. The first kappa shape index (κ1) is 18.6. The molecule has 26 heavy (non-hydrogen) atoms. The first-order valence-corrected chi connectivity index (χ1v) is 8.94. The highest BCUT2D eigenvalue weighted by atomic mass is 16.7. The molecule has 0 radical (unpaired) electrons. The Morgan fingerprint density at radius 3 is 2.69 bits per heavy atom. The van der Waals surface area contributed by atoms with Crippen molar-refractivity contribution in [2.24, 2.45) is 0 Å². The predicted molar refractivity (Wildman–Crippen MR) is 102 cm³/mol. The van der Waals surface area contributed by atoms with Gasteiger partial charge in [-0.15, -0.1) is 0 Å². The average Bonchev–Trinajstić information content (AvgIpc) is 2.98. The van der Waals surface area contributed by atoms with E-state index in [1.54, 1.807) is 19.5 Å². The third-order valence-corrected chi connectivity index (χ3v) is 4.41. The lowest BCUT2D eigenvalue weighted by Crippen LogP contribution is -2.26. The third kappa shape index (κ3) is 4.14. The van der Waals surface area contributed by atoms with E-state index in [9.17, 15) is 0 Å². The Hall–Kier alpha value is -2.18. The van der Waals surface area contributed by atoms with E-state index in [-0.39, 0.29) is 6.10 Å². The number of methoxy groups -OCH3 is 1. The molecule has 1 aliphatic heterocycles. The summed E-state index contributed by atoms with van der Waals surface area (Å²) in [7, 11) is 1.67. The summed E-state index contributed by atoms with van der Waals surface area (Å²) in [6.45, 7) is 9.33. The van der Waals surface area contributed by atoms with E-state index in [1.165, 1.54) is 5.56 Å². The van der Waals surface area contributed by atoms with Gasteiger partial charge >= 0.3 is 0 Å². The van der Waals surface area contributed by atoms with E-state index < -0.39 is 5.79 Å². The fourth-order valence-corrected chi connectivity index (χ4v) is 3.01. The lowest BCUT2D eigenvalue weighted by atomic mass is 9.98. The van der Waals surface area contributed by atoms with Crippen molar-refractivity contribution < 1.29 is 14.2 Å². The molecule has 0 saturated carbocycles. The third-order valence-electron chi connectivity index (χ3n) is 4.41. The number of rotatable bonds is 6. The van der Waals surface area contributed by atoms with Gasteiger partial charge in [-0.3, -0.25) is 4.98 Å². The smallest absolute Gasteiger partial charge is 0.163 e. The molecule has 6 heteroatoms.